The lowest BCUT2D eigenvalue weighted by Crippen LogP contribution is -2.29. The van der Waals surface area contributed by atoms with Crippen LogP contribution in [-0.4, -0.2) is 0 Å². The first-order chi connectivity index (χ1) is 35.0. The van der Waals surface area contributed by atoms with Crippen LogP contribution in [0.4, 0.5) is 17.1 Å². The van der Waals surface area contributed by atoms with Crippen LogP contribution in [0.1, 0.15) is 56.8 Å². The van der Waals surface area contributed by atoms with Crippen molar-refractivity contribution in [3.63, 3.8) is 0 Å². The molecule has 0 unspecified atom stereocenters. The minimum absolute atomic E-state index is 0.0184. The molecule has 0 radical (unpaired) electrons. The molecule has 2 aliphatic carbocycles. The van der Waals surface area contributed by atoms with Crippen LogP contribution in [0.15, 0.2) is 261 Å². The summed E-state index contributed by atoms with van der Waals surface area (Å²) in [5.74, 6) is 0. The Hall–Kier alpha value is -8.00. The summed E-state index contributed by atoms with van der Waals surface area (Å²) in [4.78, 5) is 1.79. The molecule has 0 fully saturated rings. The lowest BCUT2D eigenvalue weighted by Gasteiger charge is -2.35. The van der Waals surface area contributed by atoms with E-state index < -0.39 is 53.1 Å². The molecule has 0 bridgehead atoms. The number of hydrogen-bond acceptors (Lipinski definition) is 1. The second kappa shape index (κ2) is 14.9. The Kier molecular flexibility index (Phi) is 6.73. The zero-order chi connectivity index (χ0) is 49.6. The van der Waals surface area contributed by atoms with Crippen molar-refractivity contribution < 1.29 is 12.3 Å². The monoisotopic (exact) mass is 810 g/mol. The molecule has 0 saturated carbocycles. The summed E-state index contributed by atoms with van der Waals surface area (Å²) in [6, 6.07) is 63.7. The van der Waals surface area contributed by atoms with Crippen molar-refractivity contribution in [2.75, 3.05) is 4.90 Å². The van der Waals surface area contributed by atoms with Crippen molar-refractivity contribution in [1.82, 2.24) is 0 Å². The maximum Gasteiger partial charge on any atom is 0.0714 e. The molecule has 0 spiro atoms. The first-order valence-corrected chi connectivity index (χ1v) is 21.2. The Bertz CT molecular complexity index is 3670. The maximum absolute atomic E-state index is 10.3. The van der Waals surface area contributed by atoms with Gasteiger partial charge >= 0.3 is 0 Å². The molecular formula is C62H43N. The van der Waals surface area contributed by atoms with E-state index in [2.05, 4.69) is 84.9 Å². The van der Waals surface area contributed by atoms with Crippen LogP contribution >= 0.6 is 0 Å². The van der Waals surface area contributed by atoms with Crippen LogP contribution in [0.3, 0.4) is 0 Å². The molecule has 0 atom stereocenters. The maximum atomic E-state index is 10.3. The molecule has 2 aliphatic rings. The number of benzene rings is 10. The standard InChI is InChI=1S/C62H43N/c1-4-19-44(20-5-1)45-35-39-50(40-36-45)63(51-41-37-48(38-42-51)61(46-21-6-2-7-22-46)57-31-14-10-27-53(57)54-28-11-15-32-58(54)61)52-26-18-25-49(43-52)62(47-23-8-3-9-24-47)59-33-16-12-29-55(59)56-30-13-17-34-60(56)62/h1-43H/i2D,6D,7D,21D,22D,37D,38D,41D,42D. The van der Waals surface area contributed by atoms with Gasteiger partial charge in [-0.1, -0.05) is 224 Å². The predicted molar refractivity (Wildman–Crippen MR) is 261 cm³/mol. The minimum Gasteiger partial charge on any atom is -0.310 e. The molecular weight excluding hydrogens is 759 g/mol. The Balaban J connectivity index is 1.16. The zero-order valence-electron chi connectivity index (χ0n) is 43.1. The van der Waals surface area contributed by atoms with Crippen LogP contribution in [0.25, 0.3) is 33.4 Å². The number of rotatable bonds is 8. The third-order valence-electron chi connectivity index (χ3n) is 13.0. The quantitative estimate of drug-likeness (QED) is 0.148. The number of nitrogens with zero attached hydrogens (tertiary/aromatic N) is 1. The molecule has 12 rings (SSSR count). The van der Waals surface area contributed by atoms with Gasteiger partial charge in [0, 0.05) is 17.1 Å². The van der Waals surface area contributed by atoms with E-state index in [1.165, 1.54) is 0 Å². The smallest absolute Gasteiger partial charge is 0.0714 e. The highest BCUT2D eigenvalue weighted by atomic mass is 15.1. The van der Waals surface area contributed by atoms with Crippen LogP contribution < -0.4 is 4.90 Å². The van der Waals surface area contributed by atoms with E-state index in [0.29, 0.717) is 33.6 Å². The minimum atomic E-state index is -1.87. The van der Waals surface area contributed by atoms with Gasteiger partial charge in [0.15, 0.2) is 0 Å². The average Bonchev–Trinajstić information content (AvgIpc) is 3.89. The van der Waals surface area contributed by atoms with Gasteiger partial charge in [-0.2, -0.15) is 0 Å². The van der Waals surface area contributed by atoms with Gasteiger partial charge in [-0.05, 0) is 114 Å². The fourth-order valence-electron chi connectivity index (χ4n) is 10.4. The third kappa shape index (κ3) is 5.56. The highest BCUT2D eigenvalue weighted by Gasteiger charge is 2.47. The topological polar surface area (TPSA) is 3.24 Å². The van der Waals surface area contributed by atoms with Gasteiger partial charge in [0.1, 0.15) is 0 Å². The second-order valence-corrected chi connectivity index (χ2v) is 16.1. The lowest BCUT2D eigenvalue weighted by atomic mass is 9.67. The fourth-order valence-corrected chi connectivity index (χ4v) is 10.4. The Labute approximate surface area is 382 Å². The summed E-state index contributed by atoms with van der Waals surface area (Å²) < 4.78 is 86.4. The van der Waals surface area contributed by atoms with E-state index in [0.717, 1.165) is 44.5 Å². The summed E-state index contributed by atoms with van der Waals surface area (Å²) in [6.45, 7) is 0. The van der Waals surface area contributed by atoms with E-state index >= 15 is 0 Å². The van der Waals surface area contributed by atoms with Gasteiger partial charge in [0.25, 0.3) is 0 Å². The highest BCUT2D eigenvalue weighted by Crippen LogP contribution is 2.58. The highest BCUT2D eigenvalue weighted by molar-refractivity contribution is 5.89. The molecule has 0 saturated heterocycles. The largest absolute Gasteiger partial charge is 0.310 e. The van der Waals surface area contributed by atoms with E-state index in [1.807, 2.05) is 97.1 Å². The van der Waals surface area contributed by atoms with Crippen molar-refractivity contribution in [1.29, 1.82) is 0 Å². The summed E-state index contributed by atoms with van der Waals surface area (Å²) in [6.07, 6.45) is 0. The van der Waals surface area contributed by atoms with Crippen molar-refractivity contribution in [3.8, 4) is 33.4 Å². The number of fused-ring (bicyclic) bond motifs is 6. The van der Waals surface area contributed by atoms with E-state index in [-0.39, 0.29) is 28.9 Å². The third-order valence-corrected chi connectivity index (χ3v) is 13.0. The zero-order valence-corrected chi connectivity index (χ0v) is 34.1. The van der Waals surface area contributed by atoms with Crippen LogP contribution in [0.2, 0.25) is 0 Å². The van der Waals surface area contributed by atoms with Gasteiger partial charge < -0.3 is 4.90 Å². The SMILES string of the molecule is [2H]c1c([2H])c([2H])c(C2(c3c([2H])c([2H])c(N(c4ccc(-c5ccccc5)cc4)c4cccc(C5(c6ccccc6)c6ccccc6-c6ccccc65)c4)c([2H])c3[2H])c3ccccc3-c3ccccc32)c([2H])c1[2H]. The molecule has 63 heavy (non-hydrogen) atoms. The van der Waals surface area contributed by atoms with Crippen molar-refractivity contribution >= 4 is 17.1 Å². The molecule has 0 N–H and O–H groups in total. The fraction of sp³-hybridized carbons (Fsp3) is 0.0323. The van der Waals surface area contributed by atoms with Gasteiger partial charge in [-0.25, -0.2) is 0 Å². The summed E-state index contributed by atoms with van der Waals surface area (Å²) in [5, 5.41) is 0. The molecule has 0 amide bonds. The molecule has 10 aromatic rings. The molecule has 1 heteroatoms. The average molecular weight is 811 g/mol. The molecule has 0 heterocycles. The van der Waals surface area contributed by atoms with Gasteiger partial charge in [0.05, 0.1) is 23.2 Å². The number of hydrogen-bond donors (Lipinski definition) is 0. The van der Waals surface area contributed by atoms with Crippen LogP contribution in [0, 0.1) is 0 Å². The normalized spacial score (nSPS) is 15.7. The molecule has 1 nitrogen and oxygen atoms in total. The molecule has 0 aromatic heterocycles. The van der Waals surface area contributed by atoms with Crippen molar-refractivity contribution in [2.24, 2.45) is 0 Å². The van der Waals surface area contributed by atoms with E-state index in [9.17, 15) is 8.22 Å². The van der Waals surface area contributed by atoms with E-state index in [4.69, 9.17) is 4.11 Å². The Morgan fingerprint density at radius 3 is 1.25 bits per heavy atom. The summed E-state index contributed by atoms with van der Waals surface area (Å²) >= 11 is 0. The lowest BCUT2D eigenvalue weighted by molar-refractivity contribution is 0.767. The first kappa shape index (κ1) is 28.5. The molecule has 0 aliphatic heterocycles. The second-order valence-electron chi connectivity index (χ2n) is 16.1. The van der Waals surface area contributed by atoms with Crippen molar-refractivity contribution in [3.05, 3.63) is 305 Å². The van der Waals surface area contributed by atoms with E-state index in [1.54, 1.807) is 29.2 Å². The van der Waals surface area contributed by atoms with Crippen molar-refractivity contribution in [2.45, 2.75) is 10.8 Å². The molecule has 10 aromatic carbocycles. The summed E-state index contributed by atoms with van der Waals surface area (Å²) in [7, 11) is 0. The van der Waals surface area contributed by atoms with Crippen LogP contribution in [-0.2, 0) is 10.8 Å². The van der Waals surface area contributed by atoms with Gasteiger partial charge in [0.2, 0.25) is 0 Å². The molecule has 296 valence electrons. The Morgan fingerprint density at radius 1 is 0.286 bits per heavy atom. The Morgan fingerprint density at radius 2 is 0.714 bits per heavy atom. The predicted octanol–water partition coefficient (Wildman–Crippen LogP) is 15.5. The first-order valence-electron chi connectivity index (χ1n) is 25.7. The van der Waals surface area contributed by atoms with Gasteiger partial charge in [-0.3, -0.25) is 0 Å². The summed E-state index contributed by atoms with van der Waals surface area (Å²) in [5.41, 5.74) is 8.99. The van der Waals surface area contributed by atoms with Gasteiger partial charge in [-0.15, -0.1) is 0 Å². The van der Waals surface area contributed by atoms with Crippen LogP contribution in [0.5, 0.6) is 0 Å². The number of anilines is 3.